The van der Waals surface area contributed by atoms with Gasteiger partial charge in [-0.25, -0.2) is 0 Å². The summed E-state index contributed by atoms with van der Waals surface area (Å²) in [5, 5.41) is 92.8. The van der Waals surface area contributed by atoms with Crippen molar-refractivity contribution in [2.45, 2.75) is 55.3 Å². The normalized spacial score (nSPS) is 21.9. The van der Waals surface area contributed by atoms with E-state index in [1.165, 1.54) is 0 Å². The second-order valence-corrected chi connectivity index (χ2v) is 5.18. The van der Waals surface area contributed by atoms with Gasteiger partial charge in [0.2, 0.25) is 0 Å². The third kappa shape index (κ3) is 6.01. The number of carboxylic acids is 1. The van der Waals surface area contributed by atoms with Crippen LogP contribution in [0.1, 0.15) is 6.42 Å². The van der Waals surface area contributed by atoms with Gasteiger partial charge in [-0.15, -0.1) is 0 Å². The fourth-order valence-corrected chi connectivity index (χ4v) is 1.77. The van der Waals surface area contributed by atoms with E-state index in [0.717, 1.165) is 0 Å². The first kappa shape index (κ1) is 22.8. The molecule has 0 rings (SSSR count). The Kier molecular flexibility index (Phi) is 9.42. The van der Waals surface area contributed by atoms with Gasteiger partial charge in [0.1, 0.15) is 55.3 Å². The highest BCUT2D eigenvalue weighted by atomic mass is 16.4. The molecule has 0 aliphatic heterocycles. The van der Waals surface area contributed by atoms with Crippen LogP contribution in [-0.2, 0) is 9.59 Å². The summed E-state index contributed by atoms with van der Waals surface area (Å²) in [5.74, 6) is -3.00. The fourth-order valence-electron chi connectivity index (χ4n) is 1.77. The highest BCUT2D eigenvalue weighted by Crippen LogP contribution is 2.15. The van der Waals surface area contributed by atoms with Crippen LogP contribution in [-0.4, -0.2) is 118 Å². The lowest BCUT2D eigenvalue weighted by atomic mass is 9.91. The third-order valence-corrected chi connectivity index (χ3v) is 3.31. The smallest absolute Gasteiger partial charge is 0.310 e. The second-order valence-electron chi connectivity index (χ2n) is 5.18. The van der Waals surface area contributed by atoms with Gasteiger partial charge in [0.15, 0.2) is 5.78 Å². The minimum Gasteiger partial charge on any atom is -0.481 e. The van der Waals surface area contributed by atoms with E-state index < -0.39 is 73.6 Å². The summed E-state index contributed by atoms with van der Waals surface area (Å²) in [6.07, 6.45) is -19.4. The van der Waals surface area contributed by atoms with Gasteiger partial charge in [-0.05, 0) is 0 Å². The van der Waals surface area contributed by atoms with E-state index in [-0.39, 0.29) is 0 Å². The number of aliphatic hydroxyl groups excluding tert-OH is 9. The van der Waals surface area contributed by atoms with Crippen molar-refractivity contribution in [1.82, 2.24) is 0 Å². The van der Waals surface area contributed by atoms with E-state index in [1.807, 2.05) is 0 Å². The van der Waals surface area contributed by atoms with Crippen LogP contribution in [0.5, 0.6) is 0 Å². The highest BCUT2D eigenvalue weighted by molar-refractivity contribution is 5.97. The van der Waals surface area contributed by atoms with Crippen molar-refractivity contribution < 1.29 is 60.7 Å². The first-order valence-electron chi connectivity index (χ1n) is 6.75. The first-order chi connectivity index (χ1) is 10.9. The summed E-state index contributed by atoms with van der Waals surface area (Å²) in [4.78, 5) is 21.6. The zero-order valence-electron chi connectivity index (χ0n) is 12.3. The van der Waals surface area contributed by atoms with Gasteiger partial charge in [0, 0.05) is 0 Å². The molecule has 12 nitrogen and oxygen atoms in total. The molecule has 0 radical (unpaired) electrons. The first-order valence-corrected chi connectivity index (χ1v) is 6.75. The van der Waals surface area contributed by atoms with Gasteiger partial charge in [0.25, 0.3) is 0 Å². The molecule has 0 aromatic rings. The molecule has 0 aliphatic rings. The number of carboxylic acid groups (broad SMARTS) is 1. The Labute approximate surface area is 135 Å². The Morgan fingerprint density at radius 2 is 1.04 bits per heavy atom. The lowest BCUT2D eigenvalue weighted by Gasteiger charge is -2.32. The Balaban J connectivity index is 4.91. The van der Waals surface area contributed by atoms with Crippen LogP contribution in [0.4, 0.5) is 0 Å². The van der Waals surface area contributed by atoms with Gasteiger partial charge >= 0.3 is 5.97 Å². The average molecular weight is 358 g/mol. The molecule has 0 fully saturated rings. The summed E-state index contributed by atoms with van der Waals surface area (Å²) >= 11 is 0. The summed E-state index contributed by atoms with van der Waals surface area (Å²) in [5.41, 5.74) is 0. The van der Waals surface area contributed by atoms with Gasteiger partial charge in [-0.3, -0.25) is 9.59 Å². The number of hydrogen-bond donors (Lipinski definition) is 10. The van der Waals surface area contributed by atoms with Crippen LogP contribution in [0.2, 0.25) is 0 Å². The number of Topliss-reactive ketones (excluding diaryl/α,β-unsaturated/α-hetero) is 1. The van der Waals surface area contributed by atoms with Crippen molar-refractivity contribution in [2.75, 3.05) is 6.61 Å². The van der Waals surface area contributed by atoms with Crippen LogP contribution in [0.3, 0.4) is 0 Å². The standard InChI is InChI=1S/C12H22O12/c13-2-4(15)7(19)9(21)11(23)12(24)10(22)8(20)6(18)3(14)1-5(16)17/h4,6-13,15,18-24H,1-2H2,(H,16,17)/t4-,6-,7+,8-,9+,10+,11+,12+/m1/s1. The van der Waals surface area contributed by atoms with Crippen LogP contribution >= 0.6 is 0 Å². The lowest BCUT2D eigenvalue weighted by Crippen LogP contribution is -2.57. The second kappa shape index (κ2) is 9.93. The van der Waals surface area contributed by atoms with Crippen molar-refractivity contribution in [2.24, 2.45) is 0 Å². The molecule has 10 N–H and O–H groups in total. The van der Waals surface area contributed by atoms with Gasteiger partial charge in [-0.1, -0.05) is 0 Å². The topological polar surface area (TPSA) is 236 Å². The molecule has 12 heteroatoms. The van der Waals surface area contributed by atoms with E-state index >= 15 is 0 Å². The van der Waals surface area contributed by atoms with Crippen LogP contribution in [0.25, 0.3) is 0 Å². The number of rotatable bonds is 11. The highest BCUT2D eigenvalue weighted by Gasteiger charge is 2.42. The molecule has 0 saturated heterocycles. The molecule has 0 amide bonds. The molecule has 0 spiro atoms. The van der Waals surface area contributed by atoms with Crippen molar-refractivity contribution in [3.63, 3.8) is 0 Å². The van der Waals surface area contributed by atoms with Crippen molar-refractivity contribution >= 4 is 11.8 Å². The molecule has 24 heavy (non-hydrogen) atoms. The Bertz CT molecular complexity index is 415. The number of carbonyl (C=O) groups is 2. The number of carbonyl (C=O) groups excluding carboxylic acids is 1. The van der Waals surface area contributed by atoms with E-state index in [4.69, 9.17) is 15.3 Å². The average Bonchev–Trinajstić information content (AvgIpc) is 2.55. The molecule has 0 aliphatic carbocycles. The largest absolute Gasteiger partial charge is 0.481 e. The van der Waals surface area contributed by atoms with E-state index in [0.29, 0.717) is 0 Å². The predicted molar refractivity (Wildman–Crippen MR) is 72.4 cm³/mol. The molecule has 8 atom stereocenters. The van der Waals surface area contributed by atoms with Crippen LogP contribution in [0, 0.1) is 0 Å². The lowest BCUT2D eigenvalue weighted by molar-refractivity contribution is -0.181. The van der Waals surface area contributed by atoms with E-state index in [1.54, 1.807) is 0 Å². The quantitative estimate of drug-likeness (QED) is 0.155. The van der Waals surface area contributed by atoms with Gasteiger partial charge in [-0.2, -0.15) is 0 Å². The molecule has 0 aromatic carbocycles. The minimum absolute atomic E-state index is 0.991. The molecule has 0 saturated carbocycles. The summed E-state index contributed by atoms with van der Waals surface area (Å²) < 4.78 is 0. The number of ketones is 1. The van der Waals surface area contributed by atoms with Crippen molar-refractivity contribution in [1.29, 1.82) is 0 Å². The SMILES string of the molecule is O=C(O)CC(=O)[C@@H](O)[C@@H](O)[C@H](O)[C@H](O)[C@@H](O)[C@@H](O)[C@@H](O)[C@H](O)CO. The fraction of sp³-hybridized carbons (Fsp3) is 0.833. The third-order valence-electron chi connectivity index (χ3n) is 3.31. The number of aliphatic hydroxyl groups is 9. The molecular formula is C12H22O12. The molecule has 0 heterocycles. The maximum absolute atomic E-state index is 11.3. The van der Waals surface area contributed by atoms with Crippen molar-refractivity contribution in [3.05, 3.63) is 0 Å². The van der Waals surface area contributed by atoms with Crippen LogP contribution < -0.4 is 0 Å². The zero-order chi connectivity index (χ0) is 19.2. The maximum Gasteiger partial charge on any atom is 0.310 e. The van der Waals surface area contributed by atoms with Crippen molar-refractivity contribution in [3.8, 4) is 0 Å². The number of aliphatic carboxylic acids is 1. The molecular weight excluding hydrogens is 336 g/mol. The maximum atomic E-state index is 11.3. The molecule has 0 aromatic heterocycles. The predicted octanol–water partition coefficient (Wildman–Crippen LogP) is -6.09. The minimum atomic E-state index is -2.42. The molecule has 0 unspecified atom stereocenters. The summed E-state index contributed by atoms with van der Waals surface area (Å²) in [6, 6.07) is 0. The zero-order valence-corrected chi connectivity index (χ0v) is 12.3. The molecule has 0 bridgehead atoms. The monoisotopic (exact) mass is 358 g/mol. The van der Waals surface area contributed by atoms with E-state index in [9.17, 15) is 45.3 Å². The van der Waals surface area contributed by atoms with E-state index in [2.05, 4.69) is 0 Å². The van der Waals surface area contributed by atoms with Crippen LogP contribution in [0.15, 0.2) is 0 Å². The Morgan fingerprint density at radius 1 is 0.667 bits per heavy atom. The number of hydrogen-bond acceptors (Lipinski definition) is 11. The van der Waals surface area contributed by atoms with Gasteiger partial charge in [0.05, 0.1) is 6.61 Å². The van der Waals surface area contributed by atoms with Gasteiger partial charge < -0.3 is 51.1 Å². The molecule has 142 valence electrons. The Morgan fingerprint density at radius 3 is 1.42 bits per heavy atom. The Hall–Kier alpha value is -1.22. The summed E-state index contributed by atoms with van der Waals surface area (Å²) in [6.45, 7) is -0.991. The summed E-state index contributed by atoms with van der Waals surface area (Å²) in [7, 11) is 0.